The maximum absolute atomic E-state index is 12.2. The molecule has 1 aliphatic rings. The van der Waals surface area contributed by atoms with E-state index in [0.717, 1.165) is 18.4 Å². The molecular weight excluding hydrogens is 308 g/mol. The van der Waals surface area contributed by atoms with E-state index in [4.69, 9.17) is 17.0 Å². The first-order chi connectivity index (χ1) is 11.2. The smallest absolute Gasteiger partial charge is 0.328 e. The third-order valence-corrected chi connectivity index (χ3v) is 4.34. The number of carbonyl (C=O) groups excluding carboxylic acids is 1. The summed E-state index contributed by atoms with van der Waals surface area (Å²) in [5, 5.41) is 7.03. The highest BCUT2D eigenvalue weighted by Gasteiger charge is 2.22. The normalized spacial score (nSPS) is 16.4. The predicted octanol–water partition coefficient (Wildman–Crippen LogP) is 2.96. The lowest BCUT2D eigenvalue weighted by Crippen LogP contribution is -2.50. The number of carbonyl (C=O) groups is 1. The zero-order valence-electron chi connectivity index (χ0n) is 13.7. The van der Waals surface area contributed by atoms with Gasteiger partial charge in [-0.2, -0.15) is 0 Å². The topological polar surface area (TPSA) is 50.4 Å². The van der Waals surface area contributed by atoms with Gasteiger partial charge in [0.25, 0.3) is 0 Å². The van der Waals surface area contributed by atoms with Crippen LogP contribution in [0, 0.1) is 0 Å². The Hall–Kier alpha value is -1.62. The van der Waals surface area contributed by atoms with Crippen LogP contribution in [0.4, 0.5) is 0 Å². The Morgan fingerprint density at radius 2 is 1.96 bits per heavy atom. The van der Waals surface area contributed by atoms with Crippen LogP contribution in [0.5, 0.6) is 0 Å². The largest absolute Gasteiger partial charge is 0.464 e. The first-order valence-corrected chi connectivity index (χ1v) is 8.87. The number of hydrogen-bond acceptors (Lipinski definition) is 3. The van der Waals surface area contributed by atoms with Crippen LogP contribution in [-0.4, -0.2) is 29.8 Å². The van der Waals surface area contributed by atoms with E-state index in [2.05, 4.69) is 10.6 Å². The lowest BCUT2D eigenvalue weighted by atomic mass is 9.96. The number of ether oxygens (including phenoxy) is 1. The Balaban J connectivity index is 1.93. The average molecular weight is 334 g/mol. The van der Waals surface area contributed by atoms with Gasteiger partial charge in [0.1, 0.15) is 6.04 Å². The van der Waals surface area contributed by atoms with E-state index in [0.29, 0.717) is 24.2 Å². The Labute approximate surface area is 144 Å². The lowest BCUT2D eigenvalue weighted by molar-refractivity contribution is -0.145. The highest BCUT2D eigenvalue weighted by molar-refractivity contribution is 7.80. The first kappa shape index (κ1) is 17.7. The minimum Gasteiger partial charge on any atom is -0.464 e. The summed E-state index contributed by atoms with van der Waals surface area (Å²) in [6.07, 6.45) is 6.64. The van der Waals surface area contributed by atoms with Crippen LogP contribution in [-0.2, 0) is 16.0 Å². The second-order valence-electron chi connectivity index (χ2n) is 5.95. The summed E-state index contributed by atoms with van der Waals surface area (Å²) in [5.41, 5.74) is 1.08. The predicted molar refractivity (Wildman–Crippen MR) is 96.3 cm³/mol. The van der Waals surface area contributed by atoms with Gasteiger partial charge in [0.05, 0.1) is 6.61 Å². The second kappa shape index (κ2) is 9.50. The van der Waals surface area contributed by atoms with Gasteiger partial charge in [0.2, 0.25) is 0 Å². The quantitative estimate of drug-likeness (QED) is 0.619. The summed E-state index contributed by atoms with van der Waals surface area (Å²) in [6.45, 7) is 2.19. The Morgan fingerprint density at radius 3 is 2.61 bits per heavy atom. The van der Waals surface area contributed by atoms with Crippen LogP contribution in [0.2, 0.25) is 0 Å². The standard InChI is InChI=1S/C18H26N2O2S/c1-2-22-17(21)16(13-14-9-5-3-6-10-14)20-18(23)19-15-11-7-4-8-12-15/h3,5-6,9-10,15-16H,2,4,7-8,11-13H2,1H3,(H2,19,20,23). The van der Waals surface area contributed by atoms with E-state index in [1.807, 2.05) is 37.3 Å². The number of thiocarbonyl (C=S) groups is 1. The molecule has 2 N–H and O–H groups in total. The van der Waals surface area contributed by atoms with Crippen molar-refractivity contribution in [3.63, 3.8) is 0 Å². The Kier molecular flexibility index (Phi) is 7.33. The molecule has 0 bridgehead atoms. The van der Waals surface area contributed by atoms with Crippen molar-refractivity contribution in [2.45, 2.75) is 57.5 Å². The van der Waals surface area contributed by atoms with Crippen LogP contribution in [0.3, 0.4) is 0 Å². The molecule has 0 radical (unpaired) electrons. The van der Waals surface area contributed by atoms with Gasteiger partial charge in [0.15, 0.2) is 5.11 Å². The monoisotopic (exact) mass is 334 g/mol. The third kappa shape index (κ3) is 6.18. The van der Waals surface area contributed by atoms with Crippen molar-refractivity contribution in [1.82, 2.24) is 10.6 Å². The fraction of sp³-hybridized carbons (Fsp3) is 0.556. The molecule has 1 aliphatic carbocycles. The van der Waals surface area contributed by atoms with Gasteiger partial charge in [-0.3, -0.25) is 0 Å². The molecule has 2 rings (SSSR count). The summed E-state index contributed by atoms with van der Waals surface area (Å²) in [5.74, 6) is -0.260. The molecule has 5 heteroatoms. The fourth-order valence-electron chi connectivity index (χ4n) is 2.92. The van der Waals surface area contributed by atoms with Crippen molar-refractivity contribution in [2.75, 3.05) is 6.61 Å². The number of hydrogen-bond donors (Lipinski definition) is 2. The molecule has 0 spiro atoms. The molecule has 1 fully saturated rings. The van der Waals surface area contributed by atoms with Crippen molar-refractivity contribution in [1.29, 1.82) is 0 Å². The zero-order valence-corrected chi connectivity index (χ0v) is 14.5. The first-order valence-electron chi connectivity index (χ1n) is 8.46. The maximum atomic E-state index is 12.2. The lowest BCUT2D eigenvalue weighted by Gasteiger charge is -2.26. The third-order valence-electron chi connectivity index (χ3n) is 4.10. The van der Waals surface area contributed by atoms with Crippen molar-refractivity contribution < 1.29 is 9.53 Å². The van der Waals surface area contributed by atoms with Crippen LogP contribution >= 0.6 is 12.2 Å². The van der Waals surface area contributed by atoms with Gasteiger partial charge < -0.3 is 15.4 Å². The van der Waals surface area contributed by atoms with Crippen molar-refractivity contribution in [2.24, 2.45) is 0 Å². The number of nitrogens with one attached hydrogen (secondary N) is 2. The molecule has 0 saturated heterocycles. The molecule has 0 aliphatic heterocycles. The van der Waals surface area contributed by atoms with Gasteiger partial charge in [0, 0.05) is 12.5 Å². The van der Waals surface area contributed by atoms with E-state index in [-0.39, 0.29) is 5.97 Å². The molecule has 1 unspecified atom stereocenters. The molecule has 126 valence electrons. The Morgan fingerprint density at radius 1 is 1.26 bits per heavy atom. The molecule has 1 aromatic rings. The number of esters is 1. The molecule has 1 saturated carbocycles. The van der Waals surface area contributed by atoms with Crippen LogP contribution in [0.1, 0.15) is 44.6 Å². The number of rotatable bonds is 6. The van der Waals surface area contributed by atoms with E-state index < -0.39 is 6.04 Å². The van der Waals surface area contributed by atoms with Crippen LogP contribution < -0.4 is 10.6 Å². The molecule has 0 heterocycles. The SMILES string of the molecule is CCOC(=O)C(Cc1ccccc1)NC(=S)NC1CCCCC1. The van der Waals surface area contributed by atoms with Gasteiger partial charge >= 0.3 is 5.97 Å². The number of benzene rings is 1. The van der Waals surface area contributed by atoms with Crippen molar-refractivity contribution in [3.8, 4) is 0 Å². The fourth-order valence-corrected chi connectivity index (χ4v) is 3.23. The van der Waals surface area contributed by atoms with Crippen molar-refractivity contribution >= 4 is 23.3 Å². The van der Waals surface area contributed by atoms with E-state index in [9.17, 15) is 4.79 Å². The summed E-state index contributed by atoms with van der Waals surface area (Å²) in [7, 11) is 0. The van der Waals surface area contributed by atoms with E-state index in [1.54, 1.807) is 0 Å². The maximum Gasteiger partial charge on any atom is 0.328 e. The molecule has 0 amide bonds. The zero-order chi connectivity index (χ0) is 16.5. The van der Waals surface area contributed by atoms with E-state index >= 15 is 0 Å². The molecule has 0 aromatic heterocycles. The van der Waals surface area contributed by atoms with Crippen molar-refractivity contribution in [3.05, 3.63) is 35.9 Å². The second-order valence-corrected chi connectivity index (χ2v) is 6.36. The van der Waals surface area contributed by atoms with E-state index in [1.165, 1.54) is 19.3 Å². The molecular formula is C18H26N2O2S. The minimum absolute atomic E-state index is 0.260. The minimum atomic E-state index is -0.457. The Bertz CT molecular complexity index is 501. The highest BCUT2D eigenvalue weighted by atomic mass is 32.1. The summed E-state index contributed by atoms with van der Waals surface area (Å²) in [4.78, 5) is 12.2. The van der Waals surface area contributed by atoms with Gasteiger partial charge in [-0.15, -0.1) is 0 Å². The van der Waals surface area contributed by atoms with Gasteiger partial charge in [-0.05, 0) is 37.5 Å². The van der Waals surface area contributed by atoms with Gasteiger partial charge in [-0.1, -0.05) is 49.6 Å². The molecule has 1 atom stereocenters. The summed E-state index contributed by atoms with van der Waals surface area (Å²) < 4.78 is 5.18. The van der Waals surface area contributed by atoms with Crippen LogP contribution in [0.15, 0.2) is 30.3 Å². The molecule has 4 nitrogen and oxygen atoms in total. The average Bonchev–Trinajstić information content (AvgIpc) is 2.56. The summed E-state index contributed by atoms with van der Waals surface area (Å²) >= 11 is 5.40. The molecule has 1 aromatic carbocycles. The highest BCUT2D eigenvalue weighted by Crippen LogP contribution is 2.17. The molecule has 23 heavy (non-hydrogen) atoms. The summed E-state index contributed by atoms with van der Waals surface area (Å²) in [6, 6.07) is 9.87. The van der Waals surface area contributed by atoms with Gasteiger partial charge in [-0.25, -0.2) is 4.79 Å². The van der Waals surface area contributed by atoms with Crippen LogP contribution in [0.25, 0.3) is 0 Å².